The van der Waals surface area contributed by atoms with E-state index in [9.17, 15) is 14.4 Å². The van der Waals surface area contributed by atoms with Gasteiger partial charge in [-0.25, -0.2) is 0 Å². The highest BCUT2D eigenvalue weighted by Gasteiger charge is 2.25. The van der Waals surface area contributed by atoms with Gasteiger partial charge in [-0.2, -0.15) is 0 Å². The van der Waals surface area contributed by atoms with Crippen LogP contribution in [-0.2, 0) is 36.9 Å². The molecule has 0 aliphatic rings. The largest absolute Gasteiger partial charge is 0.497 e. The summed E-state index contributed by atoms with van der Waals surface area (Å²) in [7, 11) is 3.25. The Kier molecular flexibility index (Phi) is 13.4. The number of hydrogen-bond donors (Lipinski definition) is 0. The molecule has 0 aliphatic heterocycles. The molecule has 2 aromatic rings. The third-order valence-electron chi connectivity index (χ3n) is 6.49. The van der Waals surface area contributed by atoms with E-state index in [0.29, 0.717) is 32.7 Å². The second-order valence-electron chi connectivity index (χ2n) is 9.22. The Morgan fingerprint density at radius 1 is 1.03 bits per heavy atom. The number of methoxy groups -OCH3 is 2. The van der Waals surface area contributed by atoms with E-state index in [2.05, 4.69) is 4.57 Å². The van der Waals surface area contributed by atoms with Crippen LogP contribution in [0.2, 0.25) is 0 Å². The summed E-state index contributed by atoms with van der Waals surface area (Å²) >= 11 is 0. The van der Waals surface area contributed by atoms with Gasteiger partial charge in [0.25, 0.3) is 0 Å². The molecule has 0 N–H and O–H groups in total. The van der Waals surface area contributed by atoms with Gasteiger partial charge < -0.3 is 28.6 Å². The molecular weight excluding hydrogens is 486 g/mol. The Balaban J connectivity index is 2.16. The molecule has 1 aromatic heterocycles. The highest BCUT2D eigenvalue weighted by molar-refractivity contribution is 5.86. The molecule has 9 heteroatoms. The zero-order valence-electron chi connectivity index (χ0n) is 23.5. The molecule has 0 radical (unpaired) electrons. The lowest BCUT2D eigenvalue weighted by atomic mass is 10.2. The smallest absolute Gasteiger partial charge is 0.306 e. The zero-order chi connectivity index (χ0) is 27.9. The van der Waals surface area contributed by atoms with Crippen molar-refractivity contribution in [3.63, 3.8) is 0 Å². The van der Waals surface area contributed by atoms with Crippen molar-refractivity contribution in [2.24, 2.45) is 0 Å². The normalized spacial score (nSPS) is 11.6. The van der Waals surface area contributed by atoms with E-state index in [1.165, 1.54) is 4.90 Å². The molecule has 1 atom stereocenters. The second-order valence-corrected chi connectivity index (χ2v) is 9.22. The van der Waals surface area contributed by atoms with Crippen molar-refractivity contribution >= 4 is 17.8 Å². The number of aromatic nitrogens is 1. The average Bonchev–Trinajstić information content (AvgIpc) is 3.35. The van der Waals surface area contributed by atoms with Crippen LogP contribution in [0, 0.1) is 0 Å². The lowest BCUT2D eigenvalue weighted by Crippen LogP contribution is -2.46. The molecule has 0 fully saturated rings. The van der Waals surface area contributed by atoms with Gasteiger partial charge >= 0.3 is 5.97 Å². The van der Waals surface area contributed by atoms with Crippen LogP contribution < -0.4 is 4.74 Å². The Hall–Kier alpha value is -3.33. The van der Waals surface area contributed by atoms with Crippen molar-refractivity contribution < 1.29 is 28.6 Å². The SMILES string of the molecule is CCOC(=O)CCC(=O)N(CCCOC)CC(=O)N(Cc1cccn1Cc1cccc(OC)c1)C(C)CC. The first-order valence-electron chi connectivity index (χ1n) is 13.3. The van der Waals surface area contributed by atoms with Crippen LogP contribution in [0.5, 0.6) is 5.75 Å². The maximum atomic E-state index is 13.6. The molecule has 0 bridgehead atoms. The highest BCUT2D eigenvalue weighted by atomic mass is 16.5. The summed E-state index contributed by atoms with van der Waals surface area (Å²) < 4.78 is 17.6. The molecule has 9 nitrogen and oxygen atoms in total. The van der Waals surface area contributed by atoms with Crippen LogP contribution in [0.15, 0.2) is 42.6 Å². The molecule has 1 aromatic carbocycles. The van der Waals surface area contributed by atoms with Crippen molar-refractivity contribution in [2.45, 2.75) is 65.6 Å². The van der Waals surface area contributed by atoms with Crippen LogP contribution >= 0.6 is 0 Å². The van der Waals surface area contributed by atoms with Crippen LogP contribution in [0.1, 0.15) is 57.7 Å². The molecule has 0 saturated heterocycles. The van der Waals surface area contributed by atoms with Gasteiger partial charge in [0.1, 0.15) is 5.75 Å². The minimum absolute atomic E-state index is 0.00545. The molecule has 2 rings (SSSR count). The second kappa shape index (κ2) is 16.5. The van der Waals surface area contributed by atoms with E-state index in [1.54, 1.807) is 21.1 Å². The van der Waals surface area contributed by atoms with E-state index >= 15 is 0 Å². The molecular formula is C29H43N3O6. The summed E-state index contributed by atoms with van der Waals surface area (Å²) in [5.41, 5.74) is 2.10. The maximum Gasteiger partial charge on any atom is 0.306 e. The number of ether oxygens (including phenoxy) is 3. The lowest BCUT2D eigenvalue weighted by molar-refractivity contribution is -0.147. The number of carbonyl (C=O) groups is 3. The van der Waals surface area contributed by atoms with E-state index < -0.39 is 5.97 Å². The van der Waals surface area contributed by atoms with Crippen molar-refractivity contribution in [1.29, 1.82) is 0 Å². The molecule has 1 unspecified atom stereocenters. The number of benzene rings is 1. The lowest BCUT2D eigenvalue weighted by Gasteiger charge is -2.32. The van der Waals surface area contributed by atoms with Crippen LogP contribution in [-0.4, -0.2) is 78.7 Å². The van der Waals surface area contributed by atoms with Gasteiger partial charge in [0, 0.05) is 51.2 Å². The van der Waals surface area contributed by atoms with E-state index in [1.807, 2.05) is 61.3 Å². The van der Waals surface area contributed by atoms with Crippen molar-refractivity contribution in [3.8, 4) is 5.75 Å². The summed E-state index contributed by atoms with van der Waals surface area (Å²) in [5.74, 6) is 0.0132. The fraction of sp³-hybridized carbons (Fsp3) is 0.552. The minimum atomic E-state index is -0.415. The monoisotopic (exact) mass is 529 g/mol. The molecule has 210 valence electrons. The number of nitrogens with zero attached hydrogens (tertiary/aromatic N) is 3. The fourth-order valence-corrected chi connectivity index (χ4v) is 4.15. The molecule has 0 aliphatic carbocycles. The van der Waals surface area contributed by atoms with Gasteiger partial charge in [-0.1, -0.05) is 19.1 Å². The van der Waals surface area contributed by atoms with Gasteiger partial charge in [-0.15, -0.1) is 0 Å². The number of carbonyl (C=O) groups excluding carboxylic acids is 3. The van der Waals surface area contributed by atoms with Crippen LogP contribution in [0.3, 0.4) is 0 Å². The average molecular weight is 530 g/mol. The third kappa shape index (κ3) is 9.85. The minimum Gasteiger partial charge on any atom is -0.497 e. The third-order valence-corrected chi connectivity index (χ3v) is 6.49. The van der Waals surface area contributed by atoms with E-state index in [-0.39, 0.29) is 43.8 Å². The summed E-state index contributed by atoms with van der Waals surface area (Å²) in [4.78, 5) is 41.7. The van der Waals surface area contributed by atoms with Crippen LogP contribution in [0.4, 0.5) is 0 Å². The highest BCUT2D eigenvalue weighted by Crippen LogP contribution is 2.18. The molecule has 2 amide bonds. The zero-order valence-corrected chi connectivity index (χ0v) is 23.5. The van der Waals surface area contributed by atoms with Crippen molar-refractivity contribution in [3.05, 3.63) is 53.9 Å². The van der Waals surface area contributed by atoms with E-state index in [0.717, 1.165) is 23.4 Å². The Labute approximate surface area is 226 Å². The van der Waals surface area contributed by atoms with Gasteiger partial charge in [0.05, 0.1) is 33.2 Å². The first-order valence-corrected chi connectivity index (χ1v) is 13.3. The number of rotatable bonds is 17. The van der Waals surface area contributed by atoms with E-state index in [4.69, 9.17) is 14.2 Å². The molecule has 1 heterocycles. The number of amides is 2. The number of hydrogen-bond acceptors (Lipinski definition) is 6. The van der Waals surface area contributed by atoms with Gasteiger partial charge in [0.15, 0.2) is 0 Å². The molecule has 0 saturated carbocycles. The molecule has 0 spiro atoms. The maximum absolute atomic E-state index is 13.6. The quantitative estimate of drug-likeness (QED) is 0.228. The standard InChI is InChI=1S/C29H43N3O6/c1-6-23(3)32(21-25-12-9-16-30(25)20-24-11-8-13-26(19-24)37-5)28(34)22-31(17-10-18-36-4)27(33)14-15-29(35)38-7-2/h8-9,11-13,16,19,23H,6-7,10,14-15,17-18,20-22H2,1-5H3. The predicted octanol–water partition coefficient (Wildman–Crippen LogP) is 3.88. The molecule has 38 heavy (non-hydrogen) atoms. The summed E-state index contributed by atoms with van der Waals surface area (Å²) in [5, 5.41) is 0. The van der Waals surface area contributed by atoms with Gasteiger partial charge in [0.2, 0.25) is 11.8 Å². The Bertz CT molecular complexity index is 1020. The van der Waals surface area contributed by atoms with Gasteiger partial charge in [-0.3, -0.25) is 14.4 Å². The number of esters is 1. The topological polar surface area (TPSA) is 90.3 Å². The first-order chi connectivity index (χ1) is 18.3. The fourth-order valence-electron chi connectivity index (χ4n) is 4.15. The van der Waals surface area contributed by atoms with Crippen molar-refractivity contribution in [1.82, 2.24) is 14.4 Å². The Morgan fingerprint density at radius 2 is 1.82 bits per heavy atom. The summed E-state index contributed by atoms with van der Waals surface area (Å²) in [6.45, 7) is 7.94. The summed E-state index contributed by atoms with van der Waals surface area (Å²) in [6, 6.07) is 11.9. The Morgan fingerprint density at radius 3 is 2.50 bits per heavy atom. The van der Waals surface area contributed by atoms with Crippen LogP contribution in [0.25, 0.3) is 0 Å². The van der Waals surface area contributed by atoms with Gasteiger partial charge in [-0.05, 0) is 56.5 Å². The first kappa shape index (κ1) is 30.9. The predicted molar refractivity (Wildman–Crippen MR) is 146 cm³/mol. The van der Waals surface area contributed by atoms with Crippen molar-refractivity contribution in [2.75, 3.05) is 40.5 Å². The summed E-state index contributed by atoms with van der Waals surface area (Å²) in [6.07, 6.45) is 3.38.